The van der Waals surface area contributed by atoms with Crippen LogP contribution in [0.2, 0.25) is 0 Å². The van der Waals surface area contributed by atoms with Crippen molar-refractivity contribution in [2.75, 3.05) is 31.5 Å². The van der Waals surface area contributed by atoms with Crippen molar-refractivity contribution in [2.24, 2.45) is 5.92 Å². The highest BCUT2D eigenvalue weighted by molar-refractivity contribution is 5.87. The van der Waals surface area contributed by atoms with E-state index in [0.29, 0.717) is 23.2 Å². The average molecular weight is 462 g/mol. The molecule has 3 aromatic rings. The number of anilines is 1. The maximum Gasteiger partial charge on any atom is 0.325 e. The second-order valence-corrected chi connectivity index (χ2v) is 9.33. The van der Waals surface area contributed by atoms with E-state index < -0.39 is 0 Å². The summed E-state index contributed by atoms with van der Waals surface area (Å²) in [5, 5.41) is 3.32. The minimum atomic E-state index is -0.292. The van der Waals surface area contributed by atoms with Crippen molar-refractivity contribution in [1.82, 2.24) is 29.7 Å². The summed E-state index contributed by atoms with van der Waals surface area (Å²) in [7, 11) is 0. The van der Waals surface area contributed by atoms with E-state index in [1.807, 2.05) is 4.90 Å². The van der Waals surface area contributed by atoms with Crippen molar-refractivity contribution in [1.29, 1.82) is 0 Å². The Labute approximate surface area is 198 Å². The van der Waals surface area contributed by atoms with Gasteiger partial charge in [0.05, 0.1) is 12.2 Å². The van der Waals surface area contributed by atoms with Crippen LogP contribution in [0.15, 0.2) is 47.9 Å². The molecule has 34 heavy (non-hydrogen) atoms. The number of aromatic nitrogens is 4. The van der Waals surface area contributed by atoms with Crippen LogP contribution in [-0.2, 0) is 4.79 Å². The van der Waals surface area contributed by atoms with E-state index in [4.69, 9.17) is 0 Å². The fourth-order valence-corrected chi connectivity index (χ4v) is 4.73. The van der Waals surface area contributed by atoms with Gasteiger partial charge in [-0.3, -0.25) is 14.7 Å². The molecule has 1 aliphatic heterocycles. The number of rotatable bonds is 8. The zero-order valence-electron chi connectivity index (χ0n) is 19.5. The molecule has 2 atom stereocenters. The summed E-state index contributed by atoms with van der Waals surface area (Å²) in [6.45, 7) is 8.96. The van der Waals surface area contributed by atoms with Crippen LogP contribution in [-0.4, -0.2) is 61.8 Å². The van der Waals surface area contributed by atoms with Gasteiger partial charge >= 0.3 is 5.69 Å². The van der Waals surface area contributed by atoms with E-state index >= 15 is 0 Å². The standard InChI is InChI=1S/C25H31N7O2/c1-3-22(33)32-12-10-31(11-13-32)21(14-17-4-5-17)19-8-6-18(7-9-19)16(2)27-24-26-15-20-23(29-24)30-25(34)28-20/h3,6-9,15-17,21H,1,4-5,10-14H2,2H3,(H3,26,27,28,29,30,34)/t16-,21?/m0/s1. The molecule has 1 aromatic carbocycles. The highest BCUT2D eigenvalue weighted by Crippen LogP contribution is 2.40. The number of aromatic amines is 2. The molecule has 3 heterocycles. The molecule has 1 amide bonds. The summed E-state index contributed by atoms with van der Waals surface area (Å²) >= 11 is 0. The minimum absolute atomic E-state index is 0.00695. The lowest BCUT2D eigenvalue weighted by Gasteiger charge is -2.39. The molecule has 1 aliphatic carbocycles. The zero-order valence-corrected chi connectivity index (χ0v) is 19.5. The lowest BCUT2D eigenvalue weighted by molar-refractivity contribution is -0.128. The molecule has 3 N–H and O–H groups in total. The molecule has 0 bridgehead atoms. The minimum Gasteiger partial charge on any atom is -0.348 e. The lowest BCUT2D eigenvalue weighted by Crippen LogP contribution is -2.49. The van der Waals surface area contributed by atoms with Gasteiger partial charge in [0, 0.05) is 32.2 Å². The third-order valence-electron chi connectivity index (χ3n) is 6.93. The molecule has 2 aromatic heterocycles. The first kappa shape index (κ1) is 22.3. The Kier molecular flexibility index (Phi) is 6.19. The number of imidazole rings is 1. The van der Waals surface area contributed by atoms with Crippen molar-refractivity contribution < 1.29 is 4.79 Å². The largest absolute Gasteiger partial charge is 0.348 e. The number of carbonyl (C=O) groups excluding carboxylic acids is 1. The number of hydrogen-bond acceptors (Lipinski definition) is 6. The number of nitrogens with one attached hydrogen (secondary N) is 3. The second-order valence-electron chi connectivity index (χ2n) is 9.33. The van der Waals surface area contributed by atoms with Crippen LogP contribution in [0, 0.1) is 5.92 Å². The summed E-state index contributed by atoms with van der Waals surface area (Å²) in [4.78, 5) is 41.8. The fraction of sp³-hybridized carbons (Fsp3) is 0.440. The Morgan fingerprint density at radius 1 is 1.18 bits per heavy atom. The molecular weight excluding hydrogens is 430 g/mol. The molecule has 5 rings (SSSR count). The van der Waals surface area contributed by atoms with Crippen LogP contribution < -0.4 is 11.0 Å². The van der Waals surface area contributed by atoms with Gasteiger partial charge in [0.1, 0.15) is 5.52 Å². The number of carbonyl (C=O) groups is 1. The van der Waals surface area contributed by atoms with E-state index in [9.17, 15) is 9.59 Å². The predicted molar refractivity (Wildman–Crippen MR) is 131 cm³/mol. The van der Waals surface area contributed by atoms with E-state index in [1.165, 1.54) is 30.9 Å². The topological polar surface area (TPSA) is 110 Å². The molecule has 178 valence electrons. The number of benzene rings is 1. The van der Waals surface area contributed by atoms with Crippen molar-refractivity contribution in [3.63, 3.8) is 0 Å². The quantitative estimate of drug-likeness (QED) is 0.445. The Bertz CT molecular complexity index is 1220. The van der Waals surface area contributed by atoms with E-state index in [-0.39, 0.29) is 17.6 Å². The van der Waals surface area contributed by atoms with E-state index in [2.05, 4.69) is 67.9 Å². The SMILES string of the molecule is C=CC(=O)N1CCN(C(CC2CC2)c2ccc([C@H](C)Nc3ncc4[nH]c(=O)[nH]c4n3)cc2)CC1. The fourth-order valence-electron chi connectivity index (χ4n) is 4.73. The van der Waals surface area contributed by atoms with Gasteiger partial charge in [-0.05, 0) is 36.5 Å². The highest BCUT2D eigenvalue weighted by atomic mass is 16.2. The van der Waals surface area contributed by atoms with Gasteiger partial charge in [0.15, 0.2) is 5.65 Å². The molecule has 1 saturated heterocycles. The van der Waals surface area contributed by atoms with E-state index in [0.717, 1.165) is 37.7 Å². The Hall–Kier alpha value is -3.46. The summed E-state index contributed by atoms with van der Waals surface area (Å²) in [6, 6.07) is 9.18. The maximum absolute atomic E-state index is 12.0. The molecule has 9 nitrogen and oxygen atoms in total. The molecule has 0 spiro atoms. The Morgan fingerprint density at radius 3 is 2.56 bits per heavy atom. The molecule has 2 aliphatic rings. The third kappa shape index (κ3) is 4.89. The van der Waals surface area contributed by atoms with Gasteiger partial charge in [0.25, 0.3) is 0 Å². The summed E-state index contributed by atoms with van der Waals surface area (Å²) < 4.78 is 0. The van der Waals surface area contributed by atoms with Crippen LogP contribution >= 0.6 is 0 Å². The van der Waals surface area contributed by atoms with Gasteiger partial charge < -0.3 is 15.2 Å². The first-order chi connectivity index (χ1) is 16.5. The first-order valence-corrected chi connectivity index (χ1v) is 12.0. The lowest BCUT2D eigenvalue weighted by atomic mass is 9.96. The number of hydrogen-bond donors (Lipinski definition) is 3. The third-order valence-corrected chi connectivity index (χ3v) is 6.93. The Morgan fingerprint density at radius 2 is 1.88 bits per heavy atom. The monoisotopic (exact) mass is 461 g/mol. The number of amides is 1. The summed E-state index contributed by atoms with van der Waals surface area (Å²) in [5.41, 5.74) is 3.25. The second kappa shape index (κ2) is 9.42. The van der Waals surface area contributed by atoms with Gasteiger partial charge in [0.2, 0.25) is 11.9 Å². The molecule has 2 fully saturated rings. The number of fused-ring (bicyclic) bond motifs is 1. The molecule has 9 heteroatoms. The van der Waals surface area contributed by atoms with E-state index in [1.54, 1.807) is 6.20 Å². The van der Waals surface area contributed by atoms with Crippen molar-refractivity contribution in [2.45, 2.75) is 38.3 Å². The number of nitrogens with zero attached hydrogens (tertiary/aromatic N) is 4. The first-order valence-electron chi connectivity index (χ1n) is 12.0. The molecule has 1 saturated carbocycles. The Balaban J connectivity index is 1.27. The van der Waals surface area contributed by atoms with Gasteiger partial charge in [-0.15, -0.1) is 0 Å². The number of piperazine rings is 1. The number of H-pyrrole nitrogens is 2. The van der Waals surface area contributed by atoms with Gasteiger partial charge in [-0.2, -0.15) is 4.98 Å². The zero-order chi connectivity index (χ0) is 23.7. The van der Waals surface area contributed by atoms with Crippen molar-refractivity contribution in [3.05, 3.63) is 64.7 Å². The van der Waals surface area contributed by atoms with Gasteiger partial charge in [-0.1, -0.05) is 43.7 Å². The summed E-state index contributed by atoms with van der Waals surface area (Å²) in [6.07, 6.45) is 6.82. The smallest absolute Gasteiger partial charge is 0.325 e. The van der Waals surface area contributed by atoms with Crippen molar-refractivity contribution in [3.8, 4) is 0 Å². The van der Waals surface area contributed by atoms with Gasteiger partial charge in [-0.25, -0.2) is 9.78 Å². The summed E-state index contributed by atoms with van der Waals surface area (Å²) in [5.74, 6) is 1.30. The average Bonchev–Trinajstić information content (AvgIpc) is 3.61. The van der Waals surface area contributed by atoms with Crippen LogP contribution in [0.5, 0.6) is 0 Å². The molecular formula is C25H31N7O2. The highest BCUT2D eigenvalue weighted by Gasteiger charge is 2.32. The van der Waals surface area contributed by atoms with Crippen molar-refractivity contribution >= 4 is 23.0 Å². The van der Waals surface area contributed by atoms with Crippen LogP contribution in [0.3, 0.4) is 0 Å². The maximum atomic E-state index is 12.0. The predicted octanol–water partition coefficient (Wildman–Crippen LogP) is 2.99. The van der Waals surface area contributed by atoms with Crippen LogP contribution in [0.25, 0.3) is 11.2 Å². The molecule has 1 unspecified atom stereocenters. The molecule has 0 radical (unpaired) electrons. The van der Waals surface area contributed by atoms with Crippen LogP contribution in [0.4, 0.5) is 5.95 Å². The normalized spacial score (nSPS) is 18.6. The van der Waals surface area contributed by atoms with Crippen LogP contribution in [0.1, 0.15) is 49.4 Å².